The number of nitrogens with one attached hydrogen (secondary N) is 1. The average Bonchev–Trinajstić information content (AvgIpc) is 3.65. The second kappa shape index (κ2) is 15.3. The molecule has 0 aromatic heterocycles. The molecule has 2 aliphatic carbocycles. The highest BCUT2D eigenvalue weighted by Gasteiger charge is 2.70. The molecule has 2 heterocycles. The van der Waals surface area contributed by atoms with Crippen molar-refractivity contribution in [1.29, 1.82) is 0 Å². The van der Waals surface area contributed by atoms with E-state index in [0.717, 1.165) is 22.2 Å². The van der Waals surface area contributed by atoms with E-state index in [2.05, 4.69) is 5.43 Å². The summed E-state index contributed by atoms with van der Waals surface area (Å²) in [4.78, 5) is 60.4. The van der Waals surface area contributed by atoms with Gasteiger partial charge >= 0.3 is 0 Å². The van der Waals surface area contributed by atoms with E-state index in [1.54, 1.807) is 68.8 Å². The first-order valence-electron chi connectivity index (χ1n) is 19.7. The van der Waals surface area contributed by atoms with Crippen molar-refractivity contribution >= 4 is 58.8 Å². The van der Waals surface area contributed by atoms with Gasteiger partial charge in [-0.25, -0.2) is 8.78 Å². The summed E-state index contributed by atoms with van der Waals surface area (Å²) < 4.78 is 40.2. The molecule has 2 N–H and O–H groups in total. The highest BCUT2D eigenvalue weighted by atomic mass is 35.5. The number of phenolic OH excluding ortho intramolecular Hbond substituents is 1. The number of benzene rings is 5. The van der Waals surface area contributed by atoms with Gasteiger partial charge in [-0.2, -0.15) is 5.01 Å². The number of ether oxygens (including phenoxy) is 2. The molecule has 61 heavy (non-hydrogen) atoms. The Bertz CT molecular complexity index is 2670. The van der Waals surface area contributed by atoms with E-state index < -0.39 is 70.1 Å². The number of hydrogen-bond acceptors (Lipinski definition) is 8. The molecule has 2 aliphatic heterocycles. The lowest BCUT2D eigenvalue weighted by Crippen LogP contribution is -2.53. The van der Waals surface area contributed by atoms with Crippen LogP contribution in [0.1, 0.15) is 41.0 Å². The van der Waals surface area contributed by atoms with Gasteiger partial charge in [-0.15, -0.1) is 0 Å². The quantitative estimate of drug-likeness (QED) is 0.0859. The predicted octanol–water partition coefficient (Wildman–Crippen LogP) is 8.70. The molecule has 3 fully saturated rings. The van der Waals surface area contributed by atoms with Gasteiger partial charge < -0.3 is 14.6 Å². The third-order valence-electron chi connectivity index (χ3n) is 12.6. The summed E-state index contributed by atoms with van der Waals surface area (Å²) >= 11 is 6.35. The number of hydrazine groups is 1. The fourth-order valence-corrected chi connectivity index (χ4v) is 10.0. The van der Waals surface area contributed by atoms with Crippen molar-refractivity contribution in [2.24, 2.45) is 23.7 Å². The Morgan fingerprint density at radius 1 is 0.803 bits per heavy atom. The predicted molar refractivity (Wildman–Crippen MR) is 224 cm³/mol. The van der Waals surface area contributed by atoms with Crippen LogP contribution < -0.4 is 19.8 Å². The molecule has 6 atom stereocenters. The summed E-state index contributed by atoms with van der Waals surface area (Å²) in [5.74, 6) is -7.35. The molecule has 0 bridgehead atoms. The summed E-state index contributed by atoms with van der Waals surface area (Å²) in [6.45, 7) is 0. The second-order valence-corrected chi connectivity index (χ2v) is 16.1. The smallest absolute Gasteiger partial charge is 0.260 e. The zero-order valence-corrected chi connectivity index (χ0v) is 33.6. The molecular weight excluding hydrogens is 804 g/mol. The number of fused-ring (bicyclic) bond motifs is 4. The molecule has 2 saturated heterocycles. The molecule has 6 unspecified atom stereocenters. The molecule has 1 saturated carbocycles. The lowest BCUT2D eigenvalue weighted by atomic mass is 9.49. The Balaban J connectivity index is 1.11. The van der Waals surface area contributed by atoms with Crippen LogP contribution in [-0.2, 0) is 24.6 Å². The number of nitrogens with zero attached hydrogens (tertiary/aromatic N) is 2. The van der Waals surface area contributed by atoms with Gasteiger partial charge in [-0.3, -0.25) is 29.5 Å². The van der Waals surface area contributed by atoms with E-state index in [1.165, 1.54) is 41.3 Å². The van der Waals surface area contributed by atoms with Crippen molar-refractivity contribution in [3.05, 3.63) is 160 Å². The zero-order valence-electron chi connectivity index (χ0n) is 32.9. The lowest BCUT2D eigenvalue weighted by molar-refractivity contribution is -0.138. The van der Waals surface area contributed by atoms with Crippen molar-refractivity contribution in [1.82, 2.24) is 5.01 Å². The number of carbonyl (C=O) groups excluding carboxylic acids is 4. The summed E-state index contributed by atoms with van der Waals surface area (Å²) in [6, 6.07) is 28.0. The Labute approximate surface area is 354 Å². The van der Waals surface area contributed by atoms with Crippen molar-refractivity contribution in [2.75, 3.05) is 24.5 Å². The Hall–Kier alpha value is -6.79. The molecule has 308 valence electrons. The summed E-state index contributed by atoms with van der Waals surface area (Å²) in [7, 11) is 3.16. The maximum Gasteiger partial charge on any atom is 0.260 e. The van der Waals surface area contributed by atoms with Crippen LogP contribution >= 0.6 is 11.6 Å². The molecule has 0 spiro atoms. The largest absolute Gasteiger partial charge is 0.505 e. The van der Waals surface area contributed by atoms with E-state index in [1.807, 2.05) is 30.4 Å². The van der Waals surface area contributed by atoms with E-state index in [-0.39, 0.29) is 24.4 Å². The van der Waals surface area contributed by atoms with Crippen molar-refractivity contribution in [3.8, 4) is 17.2 Å². The Morgan fingerprint density at radius 3 is 2.23 bits per heavy atom. The molecule has 5 aromatic carbocycles. The van der Waals surface area contributed by atoms with E-state index in [4.69, 9.17) is 21.1 Å². The number of carbonyl (C=O) groups is 4. The van der Waals surface area contributed by atoms with Crippen LogP contribution in [0.2, 0.25) is 5.02 Å². The average molecular weight is 842 g/mol. The van der Waals surface area contributed by atoms with Crippen LogP contribution in [0.5, 0.6) is 17.2 Å². The summed E-state index contributed by atoms with van der Waals surface area (Å²) in [5.41, 5.74) is 4.76. The van der Waals surface area contributed by atoms with Gasteiger partial charge in [0, 0.05) is 16.5 Å². The SMILES string of the molecule is COc1ccc(OC)c(C=Cc2ccc(N3C(=O)C4CC=C5C(CC6C(=O)N(Nc7ccc(F)cc7)C(=O)C6(c6ccc(Cl)cc6)C5c5ccc(O)c(F)c5)C4C3=O)cc2)c1. The fourth-order valence-electron chi connectivity index (χ4n) is 9.88. The number of allylic oxidation sites excluding steroid dienone is 2. The van der Waals surface area contributed by atoms with Gasteiger partial charge in [0.05, 0.1) is 48.8 Å². The molecule has 4 amide bonds. The Morgan fingerprint density at radius 2 is 1.54 bits per heavy atom. The van der Waals surface area contributed by atoms with Gasteiger partial charge in [0.1, 0.15) is 17.3 Å². The van der Waals surface area contributed by atoms with E-state index in [9.17, 15) is 23.9 Å². The number of amides is 4. The molecular formula is C48H38ClF2N3O7. The van der Waals surface area contributed by atoms with Gasteiger partial charge in [0.25, 0.3) is 11.8 Å². The van der Waals surface area contributed by atoms with Crippen molar-refractivity contribution < 1.29 is 42.5 Å². The van der Waals surface area contributed by atoms with Crippen LogP contribution in [0.4, 0.5) is 20.2 Å². The first-order chi connectivity index (χ1) is 29.4. The number of hydrogen-bond donors (Lipinski definition) is 2. The van der Waals surface area contributed by atoms with Gasteiger partial charge in [-0.1, -0.05) is 65.7 Å². The van der Waals surface area contributed by atoms with Crippen LogP contribution in [0, 0.1) is 35.3 Å². The highest BCUT2D eigenvalue weighted by molar-refractivity contribution is 6.30. The molecule has 13 heteroatoms. The minimum Gasteiger partial charge on any atom is -0.505 e. The van der Waals surface area contributed by atoms with Gasteiger partial charge in [0.15, 0.2) is 11.6 Å². The lowest BCUT2D eigenvalue weighted by Gasteiger charge is -2.50. The number of anilines is 2. The number of phenols is 1. The molecule has 5 aromatic rings. The van der Waals surface area contributed by atoms with Gasteiger partial charge in [-0.05, 0) is 114 Å². The first kappa shape index (κ1) is 39.7. The maximum absolute atomic E-state index is 15.4. The number of aromatic hydroxyl groups is 1. The molecule has 4 aliphatic rings. The van der Waals surface area contributed by atoms with Crippen molar-refractivity contribution in [3.63, 3.8) is 0 Å². The van der Waals surface area contributed by atoms with Crippen LogP contribution in [0.3, 0.4) is 0 Å². The van der Waals surface area contributed by atoms with E-state index >= 15 is 9.18 Å². The summed E-state index contributed by atoms with van der Waals surface area (Å²) in [6.07, 6.45) is 5.76. The maximum atomic E-state index is 15.4. The third kappa shape index (κ3) is 6.44. The van der Waals surface area contributed by atoms with Crippen LogP contribution in [0.25, 0.3) is 12.2 Å². The number of rotatable bonds is 9. The molecule has 0 radical (unpaired) electrons. The normalized spacial score (nSPS) is 24.4. The van der Waals surface area contributed by atoms with Crippen molar-refractivity contribution in [2.45, 2.75) is 24.2 Å². The topological polar surface area (TPSA) is 125 Å². The monoisotopic (exact) mass is 841 g/mol. The van der Waals surface area contributed by atoms with Crippen LogP contribution in [-0.4, -0.2) is 48.0 Å². The minimum absolute atomic E-state index is 0.00316. The third-order valence-corrected chi connectivity index (χ3v) is 12.9. The Kier molecular flexibility index (Phi) is 9.98. The zero-order chi connectivity index (χ0) is 42.7. The highest BCUT2D eigenvalue weighted by Crippen LogP contribution is 2.64. The second-order valence-electron chi connectivity index (χ2n) is 15.6. The number of imide groups is 2. The first-order valence-corrected chi connectivity index (χ1v) is 20.0. The van der Waals surface area contributed by atoms with E-state index in [0.29, 0.717) is 38.9 Å². The minimum atomic E-state index is -1.70. The molecule has 9 rings (SSSR count). The standard InChI is InChI=1S/C48H38ClF2N3O7/c1-60-34-18-22-41(61-2)27(23-34)6-3-26-4-16-33(17-5-26)53-44(56)36-20-19-35-37(42(36)46(53)58)25-38-45(57)54(52-32-14-12-31(50)13-15-32)47(59)48(38,29-8-10-30(49)11-9-29)43(35)28-7-21-40(55)39(51)24-28/h3-19,21-24,36-38,42-43,52,55H,20,25H2,1-2H3. The number of methoxy groups -OCH3 is 2. The number of halogens is 3. The molecule has 10 nitrogen and oxygen atoms in total. The van der Waals surface area contributed by atoms with Gasteiger partial charge in [0.2, 0.25) is 11.8 Å². The fraction of sp³-hybridized carbons (Fsp3) is 0.208. The van der Waals surface area contributed by atoms with Crippen LogP contribution in [0.15, 0.2) is 121 Å². The summed E-state index contributed by atoms with van der Waals surface area (Å²) in [5, 5.41) is 11.6.